The fourth-order valence-corrected chi connectivity index (χ4v) is 14.6. The third-order valence-electron chi connectivity index (χ3n) is 18.1. The fourth-order valence-electron chi connectivity index (χ4n) is 14.6. The Labute approximate surface area is 406 Å². The first kappa shape index (κ1) is 39.3. The summed E-state index contributed by atoms with van der Waals surface area (Å²) in [5.41, 5.74) is 11.0. The molecule has 0 aliphatic heterocycles. The Morgan fingerprint density at radius 1 is 0.271 bits per heavy atom. The summed E-state index contributed by atoms with van der Waals surface area (Å²) >= 11 is 0. The molecule has 0 amide bonds. The lowest BCUT2D eigenvalue weighted by molar-refractivity contribution is 0.569. The van der Waals surface area contributed by atoms with E-state index in [2.05, 4.69) is 203 Å². The lowest BCUT2D eigenvalue weighted by Crippen LogP contribution is -2.16. The third kappa shape index (κ3) is 4.44. The molecule has 0 fully saturated rings. The van der Waals surface area contributed by atoms with Crippen molar-refractivity contribution in [2.75, 3.05) is 0 Å². The molecule has 0 heterocycles. The normalized spacial score (nSPS) is 13.6. The summed E-state index contributed by atoms with van der Waals surface area (Å²) in [6.07, 6.45) is 0. The van der Waals surface area contributed by atoms with Crippen LogP contribution in [0, 0.1) is 48.6 Å². The van der Waals surface area contributed by atoms with Crippen molar-refractivity contribution in [2.45, 2.75) is 80.1 Å². The minimum absolute atomic E-state index is 0.0430. The number of hydrogen-bond donors (Lipinski definition) is 0. The van der Waals surface area contributed by atoms with Crippen molar-refractivity contribution < 1.29 is 0 Å². The molecule has 0 heteroatoms. The predicted octanol–water partition coefficient (Wildman–Crippen LogP) is 19.7. The number of hydrogen-bond acceptors (Lipinski definition) is 0. The summed E-state index contributed by atoms with van der Waals surface area (Å²) in [6, 6.07) is 53.3. The molecule has 0 nitrogen and oxygen atoms in total. The summed E-state index contributed by atoms with van der Waals surface area (Å²) < 4.78 is 0. The van der Waals surface area contributed by atoms with Crippen molar-refractivity contribution in [3.63, 3.8) is 0 Å². The maximum Gasteiger partial charge on any atom is -0.000674 e. The second-order valence-corrected chi connectivity index (χ2v) is 23.5. The molecule has 1 aliphatic carbocycles. The molecule has 0 saturated heterocycles. The van der Waals surface area contributed by atoms with Crippen LogP contribution in [0.5, 0.6) is 0 Å². The van der Waals surface area contributed by atoms with E-state index in [4.69, 9.17) is 0 Å². The van der Waals surface area contributed by atoms with E-state index in [1.807, 2.05) is 0 Å². The summed E-state index contributed by atoms with van der Waals surface area (Å²) in [6.45, 7) is 23.6. The second kappa shape index (κ2) is 12.4. The number of rotatable bonds is 1. The predicted molar refractivity (Wildman–Crippen MR) is 305 cm³/mol. The molecule has 0 aromatic heterocycles. The molecule has 332 valence electrons. The van der Waals surface area contributed by atoms with E-state index < -0.39 is 0 Å². The Bertz CT molecular complexity index is 5000. The first-order chi connectivity index (χ1) is 33.7. The van der Waals surface area contributed by atoms with Gasteiger partial charge in [0.2, 0.25) is 0 Å². The first-order valence-corrected chi connectivity index (χ1v) is 25.5. The van der Waals surface area contributed by atoms with E-state index in [9.17, 15) is 0 Å². The van der Waals surface area contributed by atoms with Gasteiger partial charge < -0.3 is 0 Å². The van der Waals surface area contributed by atoms with Crippen LogP contribution >= 0.6 is 0 Å². The van der Waals surface area contributed by atoms with Gasteiger partial charge in [0.1, 0.15) is 0 Å². The highest BCUT2D eigenvalue weighted by atomic mass is 14.3. The average Bonchev–Trinajstić information content (AvgIpc) is 4.09. The summed E-state index contributed by atoms with van der Waals surface area (Å²) in [7, 11) is 0. The highest BCUT2D eigenvalue weighted by molar-refractivity contribution is 6.54. The number of benzene rings is 12. The Morgan fingerprint density at radius 3 is 1.23 bits per heavy atom. The maximum absolute atomic E-state index is 2.62. The molecule has 70 heavy (non-hydrogen) atoms. The number of fused-ring (bicyclic) bond motifs is 14. The van der Waals surface area contributed by atoms with Crippen molar-refractivity contribution in [1.82, 2.24) is 0 Å². The molecule has 0 saturated carbocycles. The average molecular weight is 893 g/mol. The van der Waals surface area contributed by atoms with Crippen LogP contribution in [0.15, 0.2) is 133 Å². The topological polar surface area (TPSA) is 0 Å². The van der Waals surface area contributed by atoms with Crippen LogP contribution in [0.3, 0.4) is 0 Å². The van der Waals surface area contributed by atoms with Crippen molar-refractivity contribution in [3.05, 3.63) is 188 Å². The Balaban J connectivity index is 1.17. The van der Waals surface area contributed by atoms with Crippen LogP contribution in [0.4, 0.5) is 0 Å². The van der Waals surface area contributed by atoms with Crippen LogP contribution in [0.2, 0.25) is 0 Å². The standard InChI is InChI=1S/C70H52/c1-33-34(2)36(4)56-50-26-22-45-47-24-28-52-62-51(27-23-46(60(47)62)44-21-25-49(55(56)35(33)3)61(50)59(44)45)66-58(38-29-39(69(5,6)7)31-40(30-38)70(8,9)10)54-32-53-43-19-13-15-37-16-14-20-48(57(37)43)63(53)64-41-17-11-12-18-42(41)65(67(52)66)68(54)64/h11-32H,1-10H3. The zero-order valence-corrected chi connectivity index (χ0v) is 41.7. The van der Waals surface area contributed by atoms with E-state index in [1.54, 1.807) is 0 Å². The minimum atomic E-state index is -0.0430. The lowest BCUT2D eigenvalue weighted by Gasteiger charge is -2.27. The van der Waals surface area contributed by atoms with Gasteiger partial charge >= 0.3 is 0 Å². The van der Waals surface area contributed by atoms with E-state index in [-0.39, 0.29) is 10.8 Å². The second-order valence-electron chi connectivity index (χ2n) is 23.5. The summed E-state index contributed by atoms with van der Waals surface area (Å²) in [5.74, 6) is 0. The Hall–Kier alpha value is -7.54. The van der Waals surface area contributed by atoms with Gasteiger partial charge in [-0.1, -0.05) is 169 Å². The lowest BCUT2D eigenvalue weighted by atomic mass is 9.78. The van der Waals surface area contributed by atoms with Gasteiger partial charge in [-0.25, -0.2) is 0 Å². The molecule has 0 radical (unpaired) electrons. The zero-order chi connectivity index (χ0) is 47.3. The first-order valence-electron chi connectivity index (χ1n) is 25.5. The van der Waals surface area contributed by atoms with E-state index >= 15 is 0 Å². The summed E-state index contributed by atoms with van der Waals surface area (Å²) in [5, 5.41) is 38.6. The Morgan fingerprint density at radius 2 is 0.657 bits per heavy atom. The molecule has 0 N–H and O–H groups in total. The quantitative estimate of drug-likeness (QED) is 0.114. The smallest absolute Gasteiger partial charge is 0.000674 e. The maximum atomic E-state index is 2.62. The molecule has 0 unspecified atom stereocenters. The van der Waals surface area contributed by atoms with E-state index in [1.165, 1.54) is 195 Å². The molecule has 15 aromatic rings. The van der Waals surface area contributed by atoms with Gasteiger partial charge in [-0.05, 0) is 239 Å². The molecule has 16 rings (SSSR count). The van der Waals surface area contributed by atoms with E-state index in [0.717, 1.165) is 0 Å². The summed E-state index contributed by atoms with van der Waals surface area (Å²) in [4.78, 5) is 0. The Kier molecular flexibility index (Phi) is 6.98. The van der Waals surface area contributed by atoms with Gasteiger partial charge in [0.05, 0.1) is 0 Å². The SMILES string of the molecule is Cc1c(C)c(C)c2c(c1C)=c1ccc3c4ccc5c6c(-c7cc(C(C)(C)C)cc(C(C)(C)C)c7)c7cc8c9cccc%10cccc(c%109)c8c8c9ccccc9c(c6c6ccc(c9ccc=2c1c39)c4c56)c78. The molecular formula is C70H52. The van der Waals surface area contributed by atoms with Gasteiger partial charge in [0.25, 0.3) is 0 Å². The van der Waals surface area contributed by atoms with Gasteiger partial charge in [-0.15, -0.1) is 0 Å². The fraction of sp³-hybridized carbons (Fsp3) is 0.171. The zero-order valence-electron chi connectivity index (χ0n) is 41.7. The van der Waals surface area contributed by atoms with Crippen molar-refractivity contribution in [1.29, 1.82) is 0 Å². The van der Waals surface area contributed by atoms with Gasteiger partial charge in [-0.2, -0.15) is 0 Å². The molecule has 1 aliphatic rings. The molecule has 0 bridgehead atoms. The van der Waals surface area contributed by atoms with E-state index in [0.29, 0.717) is 0 Å². The van der Waals surface area contributed by atoms with Crippen molar-refractivity contribution >= 4 is 129 Å². The minimum Gasteiger partial charge on any atom is -0.0616 e. The van der Waals surface area contributed by atoms with Gasteiger partial charge in [-0.3, -0.25) is 0 Å². The monoisotopic (exact) mass is 892 g/mol. The highest BCUT2D eigenvalue weighted by Crippen LogP contribution is 2.58. The van der Waals surface area contributed by atoms with Crippen LogP contribution in [-0.4, -0.2) is 0 Å². The molecule has 0 spiro atoms. The largest absolute Gasteiger partial charge is 0.0616 e. The molecule has 0 atom stereocenters. The van der Waals surface area contributed by atoms with Crippen LogP contribution in [0.25, 0.3) is 140 Å². The van der Waals surface area contributed by atoms with Gasteiger partial charge in [0, 0.05) is 0 Å². The van der Waals surface area contributed by atoms with Crippen molar-refractivity contribution in [2.24, 2.45) is 0 Å². The van der Waals surface area contributed by atoms with Crippen LogP contribution in [0.1, 0.15) is 74.9 Å². The van der Waals surface area contributed by atoms with Crippen LogP contribution < -0.4 is 0 Å². The highest BCUT2D eigenvalue weighted by Gasteiger charge is 2.31. The van der Waals surface area contributed by atoms with Gasteiger partial charge in [0.15, 0.2) is 0 Å². The van der Waals surface area contributed by atoms with Crippen molar-refractivity contribution in [3.8, 4) is 11.1 Å². The molecular weight excluding hydrogens is 841 g/mol. The molecule has 15 aromatic carbocycles. The third-order valence-corrected chi connectivity index (χ3v) is 18.1. The van der Waals surface area contributed by atoms with Crippen LogP contribution in [-0.2, 0) is 10.8 Å².